The Kier molecular flexibility index (Phi) is 12.2. The summed E-state index contributed by atoms with van der Waals surface area (Å²) in [4.78, 5) is 4.24. The monoisotopic (exact) mass is 481 g/mol. The second-order valence-corrected chi connectivity index (χ2v) is 6.30. The van der Waals surface area contributed by atoms with Crippen LogP contribution in [0.15, 0.2) is 29.3 Å². The number of guanidine groups is 1. The van der Waals surface area contributed by atoms with Crippen molar-refractivity contribution in [3.8, 4) is 0 Å². The minimum atomic E-state index is 0. The average molecular weight is 482 g/mol. The molecule has 2 N–H and O–H groups in total. The van der Waals surface area contributed by atoms with Gasteiger partial charge in [0.05, 0.1) is 12.7 Å². The quantitative estimate of drug-likeness (QED) is 0.246. The third kappa shape index (κ3) is 9.63. The maximum Gasteiger partial charge on any atom is 0.190 e. The van der Waals surface area contributed by atoms with Crippen molar-refractivity contribution in [1.82, 2.24) is 10.6 Å². The maximum atomic E-state index is 5.89. The van der Waals surface area contributed by atoms with Crippen LogP contribution in [0.25, 0.3) is 0 Å². The zero-order chi connectivity index (χ0) is 17.0. The van der Waals surface area contributed by atoms with Crippen LogP contribution >= 0.6 is 35.6 Å². The minimum Gasteiger partial charge on any atom is -0.379 e. The van der Waals surface area contributed by atoms with Gasteiger partial charge in [0.2, 0.25) is 0 Å². The molecule has 0 aliphatic carbocycles. The van der Waals surface area contributed by atoms with E-state index in [0.29, 0.717) is 0 Å². The molecule has 142 valence electrons. The fourth-order valence-electron chi connectivity index (χ4n) is 2.54. The van der Waals surface area contributed by atoms with Gasteiger partial charge in [-0.15, -0.1) is 24.0 Å². The summed E-state index contributed by atoms with van der Waals surface area (Å²) in [6.45, 7) is 4.07. The van der Waals surface area contributed by atoms with Gasteiger partial charge in [-0.05, 0) is 43.4 Å². The first kappa shape index (κ1) is 22.5. The van der Waals surface area contributed by atoms with Crippen molar-refractivity contribution in [2.45, 2.75) is 31.8 Å². The normalized spacial score (nSPS) is 17.2. The lowest BCUT2D eigenvalue weighted by Crippen LogP contribution is -2.38. The molecule has 0 amide bonds. The summed E-state index contributed by atoms with van der Waals surface area (Å²) in [5.74, 6) is 0.843. The molecule has 2 rings (SSSR count). The molecular formula is C18H29ClIN3O2. The molecule has 1 aromatic rings. The molecule has 1 heterocycles. The molecule has 0 bridgehead atoms. The molecule has 0 spiro atoms. The molecule has 1 unspecified atom stereocenters. The van der Waals surface area contributed by atoms with Gasteiger partial charge in [0, 0.05) is 38.4 Å². The molecular weight excluding hydrogens is 453 g/mol. The van der Waals surface area contributed by atoms with E-state index >= 15 is 0 Å². The Labute approximate surface area is 172 Å². The third-order valence-corrected chi connectivity index (χ3v) is 4.18. The zero-order valence-corrected chi connectivity index (χ0v) is 17.9. The number of hydrogen-bond acceptors (Lipinski definition) is 3. The van der Waals surface area contributed by atoms with Crippen LogP contribution in [-0.4, -0.2) is 52.0 Å². The minimum absolute atomic E-state index is 0. The summed E-state index contributed by atoms with van der Waals surface area (Å²) in [7, 11) is 1.79. The fraction of sp³-hybridized carbons (Fsp3) is 0.611. The summed E-state index contributed by atoms with van der Waals surface area (Å²) in [6, 6.07) is 8.02. The van der Waals surface area contributed by atoms with Crippen molar-refractivity contribution in [2.24, 2.45) is 4.99 Å². The van der Waals surface area contributed by atoms with Gasteiger partial charge < -0.3 is 20.1 Å². The summed E-state index contributed by atoms with van der Waals surface area (Å²) in [5.41, 5.74) is 1.30. The van der Waals surface area contributed by atoms with E-state index in [1.807, 2.05) is 12.1 Å². The number of rotatable bonds is 9. The van der Waals surface area contributed by atoms with E-state index in [1.165, 1.54) is 5.56 Å². The van der Waals surface area contributed by atoms with E-state index in [2.05, 4.69) is 27.8 Å². The molecule has 1 fully saturated rings. The number of halogens is 2. The molecule has 0 saturated carbocycles. The van der Waals surface area contributed by atoms with Crippen molar-refractivity contribution in [3.05, 3.63) is 34.9 Å². The molecule has 1 aliphatic heterocycles. The number of nitrogens with zero attached hydrogens (tertiary/aromatic N) is 1. The van der Waals surface area contributed by atoms with Crippen LogP contribution in [0.1, 0.15) is 24.8 Å². The number of aryl methyl sites for hydroxylation is 1. The highest BCUT2D eigenvalue weighted by Gasteiger charge is 2.15. The SMILES string of the molecule is CN=C(NCCCOC1CCOC1)NCCCc1ccc(Cl)cc1.I. The largest absolute Gasteiger partial charge is 0.379 e. The van der Waals surface area contributed by atoms with E-state index in [9.17, 15) is 0 Å². The van der Waals surface area contributed by atoms with Crippen LogP contribution in [0.2, 0.25) is 5.02 Å². The van der Waals surface area contributed by atoms with Gasteiger partial charge in [-0.2, -0.15) is 0 Å². The van der Waals surface area contributed by atoms with Crippen LogP contribution in [-0.2, 0) is 15.9 Å². The van der Waals surface area contributed by atoms with Crippen molar-refractivity contribution in [3.63, 3.8) is 0 Å². The topological polar surface area (TPSA) is 54.9 Å². The molecule has 0 radical (unpaired) electrons. The Morgan fingerprint density at radius 3 is 2.60 bits per heavy atom. The summed E-state index contributed by atoms with van der Waals surface area (Å²) >= 11 is 5.89. The van der Waals surface area contributed by atoms with Crippen LogP contribution < -0.4 is 10.6 Å². The first-order valence-electron chi connectivity index (χ1n) is 8.66. The van der Waals surface area contributed by atoms with Gasteiger partial charge >= 0.3 is 0 Å². The van der Waals surface area contributed by atoms with Gasteiger partial charge in [-0.25, -0.2) is 0 Å². The molecule has 0 aromatic heterocycles. The van der Waals surface area contributed by atoms with Gasteiger partial charge in [-0.3, -0.25) is 4.99 Å². The summed E-state index contributed by atoms with van der Waals surface area (Å²) < 4.78 is 11.0. The van der Waals surface area contributed by atoms with Gasteiger partial charge in [0.15, 0.2) is 5.96 Å². The predicted molar refractivity (Wildman–Crippen MR) is 114 cm³/mol. The highest BCUT2D eigenvalue weighted by atomic mass is 127. The smallest absolute Gasteiger partial charge is 0.190 e. The Morgan fingerprint density at radius 1 is 1.24 bits per heavy atom. The van der Waals surface area contributed by atoms with Gasteiger partial charge in [0.1, 0.15) is 0 Å². The number of hydrogen-bond donors (Lipinski definition) is 2. The van der Waals surface area contributed by atoms with E-state index in [0.717, 1.165) is 69.6 Å². The highest BCUT2D eigenvalue weighted by molar-refractivity contribution is 14.0. The van der Waals surface area contributed by atoms with E-state index < -0.39 is 0 Å². The lowest BCUT2D eigenvalue weighted by molar-refractivity contribution is 0.0420. The third-order valence-electron chi connectivity index (χ3n) is 3.93. The second kappa shape index (κ2) is 13.6. The first-order chi connectivity index (χ1) is 11.8. The van der Waals surface area contributed by atoms with Crippen LogP contribution in [0, 0.1) is 0 Å². The number of ether oxygens (including phenoxy) is 2. The van der Waals surface area contributed by atoms with Crippen LogP contribution in [0.5, 0.6) is 0 Å². The molecule has 1 aliphatic rings. The Morgan fingerprint density at radius 2 is 1.96 bits per heavy atom. The molecule has 1 atom stereocenters. The van der Waals surface area contributed by atoms with E-state index in [4.69, 9.17) is 21.1 Å². The Bertz CT molecular complexity index is 494. The summed E-state index contributed by atoms with van der Waals surface area (Å²) in [6.07, 6.45) is 4.34. The highest BCUT2D eigenvalue weighted by Crippen LogP contribution is 2.10. The Hall–Kier alpha value is -0.570. The van der Waals surface area contributed by atoms with Crippen LogP contribution in [0.3, 0.4) is 0 Å². The number of benzene rings is 1. The molecule has 1 aromatic carbocycles. The van der Waals surface area contributed by atoms with Gasteiger partial charge in [0.25, 0.3) is 0 Å². The summed E-state index contributed by atoms with van der Waals surface area (Å²) in [5, 5.41) is 7.43. The standard InChI is InChI=1S/C18H28ClN3O2.HI/c1-20-18(22-11-3-12-24-17-9-13-23-14-17)21-10-2-4-15-5-7-16(19)8-6-15;/h5-8,17H,2-4,9-14H2,1H3,(H2,20,21,22);1H. The number of aliphatic imine (C=N–C) groups is 1. The Balaban J connectivity index is 0.00000312. The van der Waals surface area contributed by atoms with Crippen molar-refractivity contribution >= 4 is 41.5 Å². The van der Waals surface area contributed by atoms with Crippen LogP contribution in [0.4, 0.5) is 0 Å². The van der Waals surface area contributed by atoms with E-state index in [1.54, 1.807) is 7.05 Å². The van der Waals surface area contributed by atoms with Gasteiger partial charge in [-0.1, -0.05) is 23.7 Å². The average Bonchev–Trinajstić information content (AvgIpc) is 3.11. The molecule has 25 heavy (non-hydrogen) atoms. The zero-order valence-electron chi connectivity index (χ0n) is 14.8. The predicted octanol–water partition coefficient (Wildman–Crippen LogP) is 3.25. The molecule has 1 saturated heterocycles. The van der Waals surface area contributed by atoms with Crippen molar-refractivity contribution < 1.29 is 9.47 Å². The molecule has 7 heteroatoms. The molecule has 5 nitrogen and oxygen atoms in total. The van der Waals surface area contributed by atoms with Crippen molar-refractivity contribution in [2.75, 3.05) is 40.0 Å². The van der Waals surface area contributed by atoms with Crippen molar-refractivity contribution in [1.29, 1.82) is 0 Å². The maximum absolute atomic E-state index is 5.89. The first-order valence-corrected chi connectivity index (χ1v) is 9.04. The second-order valence-electron chi connectivity index (χ2n) is 5.87. The lowest BCUT2D eigenvalue weighted by Gasteiger charge is -2.13. The fourth-order valence-corrected chi connectivity index (χ4v) is 2.67. The number of nitrogens with one attached hydrogen (secondary N) is 2. The lowest BCUT2D eigenvalue weighted by atomic mass is 10.1. The van der Waals surface area contributed by atoms with E-state index in [-0.39, 0.29) is 30.1 Å².